The molecule has 5 atom stereocenters. The first kappa shape index (κ1) is 10.3. The first-order valence-electron chi connectivity index (χ1n) is 6.25. The maximum absolute atomic E-state index is 4.11. The summed E-state index contributed by atoms with van der Waals surface area (Å²) >= 11 is 0. The summed E-state index contributed by atoms with van der Waals surface area (Å²) in [6, 6.07) is 0. The van der Waals surface area contributed by atoms with Crippen LogP contribution in [0.15, 0.2) is 12.2 Å². The summed E-state index contributed by atoms with van der Waals surface area (Å²) < 4.78 is 0. The topological polar surface area (TPSA) is 0 Å². The van der Waals surface area contributed by atoms with Crippen LogP contribution in [0.25, 0.3) is 0 Å². The number of rotatable bonds is 2. The summed E-state index contributed by atoms with van der Waals surface area (Å²) in [5.41, 5.74) is 1.40. The molecule has 0 N–H and O–H groups in total. The Labute approximate surface area is 88.8 Å². The zero-order chi connectivity index (χ0) is 10.3. The van der Waals surface area contributed by atoms with Crippen LogP contribution < -0.4 is 0 Å². The maximum Gasteiger partial charge on any atom is -0.0206 e. The van der Waals surface area contributed by atoms with Crippen LogP contribution in [0.5, 0.6) is 0 Å². The van der Waals surface area contributed by atoms with E-state index < -0.39 is 0 Å². The largest absolute Gasteiger partial charge is 0.0999 e. The summed E-state index contributed by atoms with van der Waals surface area (Å²) in [4.78, 5) is 0. The van der Waals surface area contributed by atoms with Gasteiger partial charge in [-0.05, 0) is 55.8 Å². The molecule has 0 heteroatoms. The molecule has 0 radical (unpaired) electrons. The second-order valence-corrected chi connectivity index (χ2v) is 5.88. The molecule has 0 heterocycles. The maximum atomic E-state index is 4.11. The highest BCUT2D eigenvalue weighted by molar-refractivity contribution is 5.04. The molecule has 0 aromatic carbocycles. The number of hydrogen-bond donors (Lipinski definition) is 0. The molecular weight excluding hydrogens is 168 g/mol. The molecule has 80 valence electrons. The first-order chi connectivity index (χ1) is 6.59. The van der Waals surface area contributed by atoms with E-state index in [1.165, 1.54) is 31.3 Å². The van der Waals surface area contributed by atoms with Crippen LogP contribution in [0.3, 0.4) is 0 Å². The number of allylic oxidation sites excluding steroid dienone is 1. The molecule has 0 bridgehead atoms. The molecule has 0 amide bonds. The predicted molar refractivity (Wildman–Crippen MR) is 62.1 cm³/mol. The van der Waals surface area contributed by atoms with Gasteiger partial charge in [0.2, 0.25) is 0 Å². The molecule has 0 aromatic rings. The second-order valence-electron chi connectivity index (χ2n) is 5.88. The van der Waals surface area contributed by atoms with Crippen molar-refractivity contribution in [2.24, 2.45) is 29.6 Å². The first-order valence-corrected chi connectivity index (χ1v) is 6.25. The third-order valence-electron chi connectivity index (χ3n) is 4.85. The average molecular weight is 192 g/mol. The quantitative estimate of drug-likeness (QED) is 0.573. The van der Waals surface area contributed by atoms with E-state index in [0.29, 0.717) is 0 Å². The molecule has 14 heavy (non-hydrogen) atoms. The van der Waals surface area contributed by atoms with Gasteiger partial charge in [0.25, 0.3) is 0 Å². The summed E-state index contributed by atoms with van der Waals surface area (Å²) in [5, 5.41) is 0. The zero-order valence-corrected chi connectivity index (χ0v) is 9.92. The standard InChI is InChI=1S/C14H24/c1-9(2)11(4)14-8-12-7-10(3)5-6-13(12)14/h10-14H,1,5-8H2,2-4H3. The number of hydrogen-bond acceptors (Lipinski definition) is 0. The molecule has 2 rings (SSSR count). The minimum Gasteiger partial charge on any atom is -0.0999 e. The Hall–Kier alpha value is -0.260. The summed E-state index contributed by atoms with van der Waals surface area (Å²) in [6.45, 7) is 11.1. The Morgan fingerprint density at radius 3 is 2.57 bits per heavy atom. The minimum atomic E-state index is 0.768. The van der Waals surface area contributed by atoms with Gasteiger partial charge in [-0.15, -0.1) is 0 Å². The Balaban J connectivity index is 1.92. The van der Waals surface area contributed by atoms with E-state index in [1.54, 1.807) is 0 Å². The lowest BCUT2D eigenvalue weighted by atomic mass is 9.53. The van der Waals surface area contributed by atoms with E-state index in [2.05, 4.69) is 27.4 Å². The normalized spacial score (nSPS) is 43.6. The van der Waals surface area contributed by atoms with E-state index in [1.807, 2.05) is 0 Å². The number of fused-ring (bicyclic) bond motifs is 1. The molecule has 2 aliphatic carbocycles. The summed E-state index contributed by atoms with van der Waals surface area (Å²) in [6.07, 6.45) is 5.96. The van der Waals surface area contributed by atoms with Gasteiger partial charge in [-0.3, -0.25) is 0 Å². The molecule has 0 saturated heterocycles. The van der Waals surface area contributed by atoms with Gasteiger partial charge in [-0.1, -0.05) is 32.4 Å². The fourth-order valence-electron chi connectivity index (χ4n) is 3.63. The van der Waals surface area contributed by atoms with E-state index in [-0.39, 0.29) is 0 Å². The molecule has 5 unspecified atom stereocenters. The SMILES string of the molecule is C=C(C)C(C)C1CC2CC(C)CCC21. The highest BCUT2D eigenvalue weighted by atomic mass is 14.5. The molecule has 0 aromatic heterocycles. The third-order valence-corrected chi connectivity index (χ3v) is 4.85. The van der Waals surface area contributed by atoms with Crippen molar-refractivity contribution in [3.05, 3.63) is 12.2 Å². The second kappa shape index (κ2) is 3.72. The Morgan fingerprint density at radius 2 is 2.00 bits per heavy atom. The van der Waals surface area contributed by atoms with Crippen molar-refractivity contribution in [1.82, 2.24) is 0 Å². The van der Waals surface area contributed by atoms with Crippen LogP contribution in [-0.2, 0) is 0 Å². The minimum absolute atomic E-state index is 0.768. The Morgan fingerprint density at radius 1 is 1.29 bits per heavy atom. The van der Waals surface area contributed by atoms with Gasteiger partial charge in [0.05, 0.1) is 0 Å². The van der Waals surface area contributed by atoms with E-state index in [9.17, 15) is 0 Å². The highest BCUT2D eigenvalue weighted by Crippen LogP contribution is 2.54. The van der Waals surface area contributed by atoms with Gasteiger partial charge in [0.15, 0.2) is 0 Å². The summed E-state index contributed by atoms with van der Waals surface area (Å²) in [7, 11) is 0. The lowest BCUT2D eigenvalue weighted by Crippen LogP contribution is -2.43. The van der Waals surface area contributed by atoms with Gasteiger partial charge >= 0.3 is 0 Å². The van der Waals surface area contributed by atoms with Crippen molar-refractivity contribution >= 4 is 0 Å². The molecular formula is C14H24. The van der Waals surface area contributed by atoms with Crippen LogP contribution in [0.2, 0.25) is 0 Å². The van der Waals surface area contributed by atoms with Crippen LogP contribution in [0, 0.1) is 29.6 Å². The van der Waals surface area contributed by atoms with Crippen LogP contribution in [0.1, 0.15) is 46.5 Å². The highest BCUT2D eigenvalue weighted by Gasteiger charge is 2.45. The van der Waals surface area contributed by atoms with E-state index >= 15 is 0 Å². The van der Waals surface area contributed by atoms with Gasteiger partial charge in [-0.2, -0.15) is 0 Å². The molecule has 0 aliphatic heterocycles. The lowest BCUT2D eigenvalue weighted by Gasteiger charge is -2.52. The van der Waals surface area contributed by atoms with Gasteiger partial charge in [-0.25, -0.2) is 0 Å². The fourth-order valence-corrected chi connectivity index (χ4v) is 3.63. The van der Waals surface area contributed by atoms with Crippen molar-refractivity contribution in [2.45, 2.75) is 46.5 Å². The van der Waals surface area contributed by atoms with Crippen molar-refractivity contribution < 1.29 is 0 Å². The van der Waals surface area contributed by atoms with Gasteiger partial charge in [0.1, 0.15) is 0 Å². The van der Waals surface area contributed by atoms with Gasteiger partial charge < -0.3 is 0 Å². The van der Waals surface area contributed by atoms with Crippen LogP contribution in [0.4, 0.5) is 0 Å². The van der Waals surface area contributed by atoms with Crippen molar-refractivity contribution in [2.75, 3.05) is 0 Å². The van der Waals surface area contributed by atoms with Crippen LogP contribution in [-0.4, -0.2) is 0 Å². The molecule has 2 saturated carbocycles. The Kier molecular flexibility index (Phi) is 2.72. The van der Waals surface area contributed by atoms with Crippen molar-refractivity contribution in [3.63, 3.8) is 0 Å². The zero-order valence-electron chi connectivity index (χ0n) is 9.92. The smallest absolute Gasteiger partial charge is 0.0206 e. The predicted octanol–water partition coefficient (Wildman–Crippen LogP) is 4.27. The monoisotopic (exact) mass is 192 g/mol. The van der Waals surface area contributed by atoms with E-state index in [4.69, 9.17) is 0 Å². The molecule has 0 spiro atoms. The van der Waals surface area contributed by atoms with Crippen molar-refractivity contribution in [3.8, 4) is 0 Å². The fraction of sp³-hybridized carbons (Fsp3) is 0.857. The Bertz CT molecular complexity index is 228. The summed E-state index contributed by atoms with van der Waals surface area (Å²) in [5.74, 6) is 4.87. The molecule has 2 aliphatic rings. The third kappa shape index (κ3) is 1.64. The van der Waals surface area contributed by atoms with E-state index in [0.717, 1.165) is 29.6 Å². The molecule has 2 fully saturated rings. The average Bonchev–Trinajstić information content (AvgIpc) is 2.09. The van der Waals surface area contributed by atoms with Crippen molar-refractivity contribution in [1.29, 1.82) is 0 Å². The lowest BCUT2D eigenvalue weighted by molar-refractivity contribution is -0.0120. The van der Waals surface area contributed by atoms with Gasteiger partial charge in [0, 0.05) is 0 Å². The van der Waals surface area contributed by atoms with Crippen LogP contribution >= 0.6 is 0 Å². The molecule has 0 nitrogen and oxygen atoms in total.